The first-order valence-electron chi connectivity index (χ1n) is 12.6. The Kier molecular flexibility index (Phi) is 10.8. The summed E-state index contributed by atoms with van der Waals surface area (Å²) in [6.45, 7) is 1.70. The molecule has 2 unspecified atom stereocenters. The molecule has 6 nitrogen and oxygen atoms in total. The number of rotatable bonds is 14. The Labute approximate surface area is 233 Å². The average Bonchev–Trinajstić information content (AvgIpc) is 2.94. The maximum absolute atomic E-state index is 6.29. The van der Waals surface area contributed by atoms with Crippen molar-refractivity contribution in [1.29, 1.82) is 0 Å². The topological polar surface area (TPSA) is 55.4 Å². The summed E-state index contributed by atoms with van der Waals surface area (Å²) in [4.78, 5) is 0. The lowest BCUT2D eigenvalue weighted by Crippen LogP contribution is -2.25. The summed E-state index contributed by atoms with van der Waals surface area (Å²) in [5.74, 6) is 3.45. The standard InChI is InChI=1S/C30H35IO6/c1-32-20-36-24-11-9-22(10-12-24)28-19-35-29-18-26(37-21-33-2)13-14-27(29)30(28)23-7-6-8-25(17-23)34-16-5-3-4-15-31/h6-14,17-18,28,30H,3-5,15-16,19-21H2,1-2H3. The van der Waals surface area contributed by atoms with Crippen LogP contribution in [0.3, 0.4) is 0 Å². The van der Waals surface area contributed by atoms with Crippen LogP contribution in [0.15, 0.2) is 66.7 Å². The molecule has 0 aromatic heterocycles. The smallest absolute Gasteiger partial charge is 0.188 e. The second-order valence-corrected chi connectivity index (χ2v) is 10.0. The molecule has 7 heteroatoms. The number of halogens is 1. The van der Waals surface area contributed by atoms with Gasteiger partial charge in [0.2, 0.25) is 0 Å². The molecule has 1 heterocycles. The molecular formula is C30H35IO6. The third-order valence-corrected chi connectivity index (χ3v) is 7.16. The van der Waals surface area contributed by atoms with Crippen LogP contribution in [-0.4, -0.2) is 45.4 Å². The Balaban J connectivity index is 1.63. The van der Waals surface area contributed by atoms with Gasteiger partial charge in [0.05, 0.1) is 13.2 Å². The van der Waals surface area contributed by atoms with E-state index >= 15 is 0 Å². The highest BCUT2D eigenvalue weighted by Gasteiger charge is 2.34. The predicted octanol–water partition coefficient (Wildman–Crippen LogP) is 6.94. The first-order chi connectivity index (χ1) is 18.2. The highest BCUT2D eigenvalue weighted by Crippen LogP contribution is 2.47. The number of fused-ring (bicyclic) bond motifs is 1. The number of unbranched alkanes of at least 4 members (excludes halogenated alkanes) is 2. The van der Waals surface area contributed by atoms with Crippen molar-refractivity contribution in [1.82, 2.24) is 0 Å². The molecule has 3 aromatic carbocycles. The van der Waals surface area contributed by atoms with Crippen molar-refractivity contribution in [3.05, 3.63) is 83.4 Å². The molecule has 0 amide bonds. The van der Waals surface area contributed by atoms with Crippen molar-refractivity contribution < 1.29 is 28.4 Å². The van der Waals surface area contributed by atoms with Crippen LogP contribution >= 0.6 is 22.6 Å². The summed E-state index contributed by atoms with van der Waals surface area (Å²) in [5.41, 5.74) is 3.51. The summed E-state index contributed by atoms with van der Waals surface area (Å²) in [7, 11) is 3.23. The van der Waals surface area contributed by atoms with Crippen LogP contribution in [0.4, 0.5) is 0 Å². The Hall–Kier alpha value is -2.49. The van der Waals surface area contributed by atoms with Crippen LogP contribution < -0.4 is 18.9 Å². The van der Waals surface area contributed by atoms with Gasteiger partial charge in [-0.15, -0.1) is 0 Å². The fourth-order valence-corrected chi connectivity index (χ4v) is 5.15. The molecule has 0 radical (unpaired) electrons. The molecule has 0 saturated heterocycles. The van der Waals surface area contributed by atoms with Gasteiger partial charge >= 0.3 is 0 Å². The molecule has 3 aromatic rings. The van der Waals surface area contributed by atoms with Crippen molar-refractivity contribution >= 4 is 22.6 Å². The van der Waals surface area contributed by atoms with Gasteiger partial charge in [-0.3, -0.25) is 0 Å². The number of methoxy groups -OCH3 is 2. The van der Waals surface area contributed by atoms with Gasteiger partial charge in [0, 0.05) is 37.7 Å². The van der Waals surface area contributed by atoms with Crippen LogP contribution in [0.25, 0.3) is 0 Å². The third-order valence-electron chi connectivity index (χ3n) is 6.40. The quantitative estimate of drug-likeness (QED) is 0.0845. The fourth-order valence-electron chi connectivity index (χ4n) is 4.61. The minimum atomic E-state index is 0.0912. The molecule has 0 bridgehead atoms. The second kappa shape index (κ2) is 14.4. The van der Waals surface area contributed by atoms with Gasteiger partial charge < -0.3 is 28.4 Å². The van der Waals surface area contributed by atoms with Gasteiger partial charge in [0.25, 0.3) is 0 Å². The maximum atomic E-state index is 6.29. The van der Waals surface area contributed by atoms with Gasteiger partial charge in [-0.1, -0.05) is 52.9 Å². The zero-order valence-electron chi connectivity index (χ0n) is 21.5. The van der Waals surface area contributed by atoms with Gasteiger partial charge in [-0.2, -0.15) is 0 Å². The first-order valence-corrected chi connectivity index (χ1v) is 14.1. The highest BCUT2D eigenvalue weighted by atomic mass is 127. The zero-order chi connectivity index (χ0) is 25.9. The Morgan fingerprint density at radius 3 is 2.24 bits per heavy atom. The molecule has 198 valence electrons. The average molecular weight is 619 g/mol. The third kappa shape index (κ3) is 7.52. The van der Waals surface area contributed by atoms with Gasteiger partial charge in [-0.05, 0) is 65.1 Å². The van der Waals surface area contributed by atoms with Crippen molar-refractivity contribution in [2.75, 3.05) is 45.4 Å². The van der Waals surface area contributed by atoms with E-state index in [4.69, 9.17) is 28.4 Å². The number of ether oxygens (including phenoxy) is 6. The molecule has 2 atom stereocenters. The van der Waals surface area contributed by atoms with E-state index in [9.17, 15) is 0 Å². The van der Waals surface area contributed by atoms with Crippen molar-refractivity contribution in [3.8, 4) is 23.0 Å². The minimum Gasteiger partial charge on any atom is -0.494 e. The molecule has 1 aliphatic heterocycles. The van der Waals surface area contributed by atoms with Crippen LogP contribution in [0.1, 0.15) is 47.8 Å². The Bertz CT molecular complexity index is 1100. The van der Waals surface area contributed by atoms with Crippen LogP contribution in [0.5, 0.6) is 23.0 Å². The predicted molar refractivity (Wildman–Crippen MR) is 153 cm³/mol. The zero-order valence-corrected chi connectivity index (χ0v) is 23.6. The monoisotopic (exact) mass is 618 g/mol. The summed E-state index contributed by atoms with van der Waals surface area (Å²) >= 11 is 2.42. The van der Waals surface area contributed by atoms with Gasteiger partial charge in [-0.25, -0.2) is 0 Å². The summed E-state index contributed by atoms with van der Waals surface area (Å²) < 4.78 is 35.0. The molecular weight excluding hydrogens is 583 g/mol. The maximum Gasteiger partial charge on any atom is 0.188 e. The van der Waals surface area contributed by atoms with E-state index in [-0.39, 0.29) is 25.4 Å². The lowest BCUT2D eigenvalue weighted by Gasteiger charge is -2.35. The van der Waals surface area contributed by atoms with E-state index in [1.54, 1.807) is 14.2 Å². The minimum absolute atomic E-state index is 0.0912. The number of hydrogen-bond acceptors (Lipinski definition) is 6. The second-order valence-electron chi connectivity index (χ2n) is 8.94. The lowest BCUT2D eigenvalue weighted by atomic mass is 9.76. The molecule has 1 aliphatic rings. The molecule has 0 fully saturated rings. The first kappa shape index (κ1) is 27.5. The van der Waals surface area contributed by atoms with Crippen LogP contribution in [-0.2, 0) is 9.47 Å². The van der Waals surface area contributed by atoms with E-state index < -0.39 is 0 Å². The number of benzene rings is 3. The molecule has 0 N–H and O–H groups in total. The summed E-state index contributed by atoms with van der Waals surface area (Å²) in [6, 6.07) is 22.7. The highest BCUT2D eigenvalue weighted by molar-refractivity contribution is 14.1. The van der Waals surface area contributed by atoms with Gasteiger partial charge in [0.15, 0.2) is 13.6 Å². The van der Waals surface area contributed by atoms with Crippen LogP contribution in [0, 0.1) is 0 Å². The van der Waals surface area contributed by atoms with Crippen molar-refractivity contribution in [2.24, 2.45) is 0 Å². The molecule has 0 saturated carbocycles. The van der Waals surface area contributed by atoms with E-state index in [1.165, 1.54) is 28.4 Å². The molecule has 37 heavy (non-hydrogen) atoms. The number of hydrogen-bond donors (Lipinski definition) is 0. The summed E-state index contributed by atoms with van der Waals surface area (Å²) in [5, 5.41) is 0. The number of alkyl halides is 1. The van der Waals surface area contributed by atoms with Crippen molar-refractivity contribution in [2.45, 2.75) is 31.1 Å². The molecule has 0 spiro atoms. The Morgan fingerprint density at radius 2 is 1.49 bits per heavy atom. The van der Waals surface area contributed by atoms with Crippen LogP contribution in [0.2, 0.25) is 0 Å². The van der Waals surface area contributed by atoms with Crippen molar-refractivity contribution in [3.63, 3.8) is 0 Å². The normalized spacial score (nSPS) is 16.5. The molecule has 0 aliphatic carbocycles. The fraction of sp³-hybridized carbons (Fsp3) is 0.400. The molecule has 4 rings (SSSR count). The summed E-state index contributed by atoms with van der Waals surface area (Å²) in [6.07, 6.45) is 3.49. The van der Waals surface area contributed by atoms with E-state index in [0.717, 1.165) is 41.6 Å². The van der Waals surface area contributed by atoms with E-state index in [2.05, 4.69) is 59.0 Å². The lowest BCUT2D eigenvalue weighted by molar-refractivity contribution is 0.0507. The van der Waals surface area contributed by atoms with E-state index in [0.29, 0.717) is 6.61 Å². The van der Waals surface area contributed by atoms with Gasteiger partial charge in [0.1, 0.15) is 23.0 Å². The van der Waals surface area contributed by atoms with E-state index in [1.807, 2.05) is 30.3 Å². The largest absolute Gasteiger partial charge is 0.494 e. The SMILES string of the molecule is COCOc1ccc(C2COc3cc(OCOC)ccc3C2c2cccc(OCCCCCI)c2)cc1. The Morgan fingerprint density at radius 1 is 0.757 bits per heavy atom.